The molecule has 0 unspecified atom stereocenters. The second-order valence-electron chi connectivity index (χ2n) is 7.56. The summed E-state index contributed by atoms with van der Waals surface area (Å²) in [5.41, 5.74) is 0.207. The van der Waals surface area contributed by atoms with Crippen LogP contribution in [-0.4, -0.2) is 40.5 Å². The Bertz CT molecular complexity index is 1240. The van der Waals surface area contributed by atoms with Gasteiger partial charge in [0.15, 0.2) is 5.65 Å². The van der Waals surface area contributed by atoms with Gasteiger partial charge in [0, 0.05) is 26.7 Å². The fourth-order valence-electron chi connectivity index (χ4n) is 3.12. The van der Waals surface area contributed by atoms with E-state index in [2.05, 4.69) is 20.4 Å². The molecular formula is C19H25N7O3S. The number of aromatic nitrogens is 6. The molecule has 3 heterocycles. The number of fused-ring (bicyclic) bond motifs is 1. The average Bonchev–Trinajstić information content (AvgIpc) is 2.97. The predicted octanol–water partition coefficient (Wildman–Crippen LogP) is 1.23. The first-order valence-corrected chi connectivity index (χ1v) is 10.5. The molecule has 10 nitrogen and oxygen atoms in total. The summed E-state index contributed by atoms with van der Waals surface area (Å²) in [5.74, 6) is 0.992. The maximum atomic E-state index is 12.8. The minimum atomic E-state index is -0.472. The molecule has 0 atom stereocenters. The lowest BCUT2D eigenvalue weighted by molar-refractivity contribution is -0.113. The molecule has 3 rings (SSSR count). The molecular weight excluding hydrogens is 406 g/mol. The Morgan fingerprint density at radius 2 is 1.90 bits per heavy atom. The second-order valence-corrected chi connectivity index (χ2v) is 8.52. The van der Waals surface area contributed by atoms with Gasteiger partial charge in [-0.2, -0.15) is 5.10 Å². The number of rotatable bonds is 6. The Balaban J connectivity index is 1.98. The van der Waals surface area contributed by atoms with E-state index in [0.29, 0.717) is 28.9 Å². The van der Waals surface area contributed by atoms with E-state index >= 15 is 0 Å². The van der Waals surface area contributed by atoms with E-state index < -0.39 is 11.2 Å². The van der Waals surface area contributed by atoms with E-state index in [0.717, 1.165) is 22.0 Å². The van der Waals surface area contributed by atoms with Crippen molar-refractivity contribution in [3.63, 3.8) is 0 Å². The molecule has 11 heteroatoms. The Morgan fingerprint density at radius 1 is 1.20 bits per heavy atom. The molecule has 1 amide bonds. The van der Waals surface area contributed by atoms with Crippen LogP contribution >= 0.6 is 11.8 Å². The largest absolute Gasteiger partial charge is 0.332 e. The van der Waals surface area contributed by atoms with Gasteiger partial charge in [0.25, 0.3) is 5.56 Å². The van der Waals surface area contributed by atoms with Gasteiger partial charge in [0.05, 0.1) is 11.4 Å². The first kappa shape index (κ1) is 21.8. The van der Waals surface area contributed by atoms with Gasteiger partial charge >= 0.3 is 5.69 Å². The third-order valence-electron chi connectivity index (χ3n) is 4.42. The zero-order valence-corrected chi connectivity index (χ0v) is 18.7. The van der Waals surface area contributed by atoms with Crippen molar-refractivity contribution in [2.75, 3.05) is 11.1 Å². The fourth-order valence-corrected chi connectivity index (χ4v) is 3.98. The molecule has 0 aliphatic heterocycles. The van der Waals surface area contributed by atoms with Crippen LogP contribution in [0.2, 0.25) is 0 Å². The molecule has 30 heavy (non-hydrogen) atoms. The summed E-state index contributed by atoms with van der Waals surface area (Å²) >= 11 is 1.14. The smallest absolute Gasteiger partial charge is 0.310 e. The van der Waals surface area contributed by atoms with Crippen molar-refractivity contribution in [3.05, 3.63) is 38.4 Å². The molecule has 0 saturated carbocycles. The summed E-state index contributed by atoms with van der Waals surface area (Å²) in [6.07, 6.45) is 0. The standard InChI is InChI=1S/C19H25N7O3S/c1-10(2)8-26-16-15(18(28)24(5)19(26)29)17(21-12(4)20-16)30-9-14(27)22-13-7-11(3)23-25(13)6/h7,10H,8-9H2,1-6H3,(H,22,27). The van der Waals surface area contributed by atoms with Gasteiger partial charge in [-0.1, -0.05) is 25.6 Å². The van der Waals surface area contributed by atoms with Gasteiger partial charge in [-0.3, -0.25) is 23.4 Å². The number of nitrogens with one attached hydrogen (secondary N) is 1. The van der Waals surface area contributed by atoms with E-state index in [4.69, 9.17) is 0 Å². The van der Waals surface area contributed by atoms with Crippen LogP contribution in [0, 0.1) is 19.8 Å². The van der Waals surface area contributed by atoms with Crippen molar-refractivity contribution in [3.8, 4) is 0 Å². The highest BCUT2D eigenvalue weighted by atomic mass is 32.2. The maximum Gasteiger partial charge on any atom is 0.332 e. The highest BCUT2D eigenvalue weighted by molar-refractivity contribution is 8.00. The van der Waals surface area contributed by atoms with E-state index in [1.807, 2.05) is 20.8 Å². The summed E-state index contributed by atoms with van der Waals surface area (Å²) in [4.78, 5) is 46.7. The molecule has 0 radical (unpaired) electrons. The predicted molar refractivity (Wildman–Crippen MR) is 116 cm³/mol. The van der Waals surface area contributed by atoms with Gasteiger partial charge in [0.2, 0.25) is 5.91 Å². The first-order chi connectivity index (χ1) is 14.1. The topological polar surface area (TPSA) is 117 Å². The second kappa shape index (κ2) is 8.42. The first-order valence-electron chi connectivity index (χ1n) is 9.50. The van der Waals surface area contributed by atoms with Crippen LogP contribution in [0.5, 0.6) is 0 Å². The van der Waals surface area contributed by atoms with Crippen molar-refractivity contribution >= 4 is 34.5 Å². The Morgan fingerprint density at radius 3 is 2.50 bits per heavy atom. The number of amides is 1. The summed E-state index contributed by atoms with van der Waals surface area (Å²) in [6.45, 7) is 7.93. The lowest BCUT2D eigenvalue weighted by Gasteiger charge is -2.15. The van der Waals surface area contributed by atoms with Crippen LogP contribution in [0.15, 0.2) is 20.7 Å². The van der Waals surface area contributed by atoms with Crippen LogP contribution in [0.25, 0.3) is 11.0 Å². The molecule has 0 bridgehead atoms. The molecule has 0 aliphatic rings. The summed E-state index contributed by atoms with van der Waals surface area (Å²) < 4.78 is 4.15. The number of carbonyl (C=O) groups excluding carboxylic acids is 1. The fraction of sp³-hybridized carbons (Fsp3) is 0.474. The Hall–Kier alpha value is -2.95. The van der Waals surface area contributed by atoms with Gasteiger partial charge in [0.1, 0.15) is 22.1 Å². The molecule has 160 valence electrons. The SMILES string of the molecule is Cc1cc(NC(=O)CSc2nc(C)nc3c2c(=O)n(C)c(=O)n3CC(C)C)n(C)n1. The van der Waals surface area contributed by atoms with Gasteiger partial charge in [-0.05, 0) is 19.8 Å². The highest BCUT2D eigenvalue weighted by Gasteiger charge is 2.19. The summed E-state index contributed by atoms with van der Waals surface area (Å²) in [7, 11) is 3.18. The summed E-state index contributed by atoms with van der Waals surface area (Å²) in [5, 5.41) is 7.62. The lowest BCUT2D eigenvalue weighted by atomic mass is 10.2. The van der Waals surface area contributed by atoms with Crippen LogP contribution in [0.1, 0.15) is 25.4 Å². The molecule has 0 saturated heterocycles. The van der Waals surface area contributed by atoms with Crippen LogP contribution in [0.3, 0.4) is 0 Å². The number of aryl methyl sites for hydroxylation is 3. The van der Waals surface area contributed by atoms with E-state index in [9.17, 15) is 14.4 Å². The molecule has 1 N–H and O–H groups in total. The van der Waals surface area contributed by atoms with Crippen molar-refractivity contribution in [1.29, 1.82) is 0 Å². The van der Waals surface area contributed by atoms with E-state index in [1.54, 1.807) is 24.7 Å². The minimum Gasteiger partial charge on any atom is -0.310 e. The van der Waals surface area contributed by atoms with Crippen molar-refractivity contribution in [1.82, 2.24) is 28.9 Å². The van der Waals surface area contributed by atoms with Crippen molar-refractivity contribution in [2.45, 2.75) is 39.3 Å². The third kappa shape index (κ3) is 4.30. The zero-order chi connectivity index (χ0) is 22.2. The number of thioether (sulfide) groups is 1. The molecule has 0 spiro atoms. The molecule has 3 aromatic heterocycles. The van der Waals surface area contributed by atoms with Crippen molar-refractivity contribution < 1.29 is 4.79 Å². The highest BCUT2D eigenvalue weighted by Crippen LogP contribution is 2.23. The van der Waals surface area contributed by atoms with Gasteiger partial charge in [-0.25, -0.2) is 14.8 Å². The lowest BCUT2D eigenvalue weighted by Crippen LogP contribution is -2.39. The van der Waals surface area contributed by atoms with Crippen LogP contribution in [-0.2, 0) is 25.4 Å². The summed E-state index contributed by atoms with van der Waals surface area (Å²) in [6, 6.07) is 1.77. The Kier molecular flexibility index (Phi) is 6.11. The average molecular weight is 432 g/mol. The molecule has 0 aliphatic carbocycles. The monoisotopic (exact) mass is 431 g/mol. The third-order valence-corrected chi connectivity index (χ3v) is 5.39. The van der Waals surface area contributed by atoms with Gasteiger partial charge in [-0.15, -0.1) is 0 Å². The minimum absolute atomic E-state index is 0.0439. The van der Waals surface area contributed by atoms with Crippen LogP contribution in [0.4, 0.5) is 5.82 Å². The van der Waals surface area contributed by atoms with E-state index in [1.165, 1.54) is 11.6 Å². The number of nitrogens with zero attached hydrogens (tertiary/aromatic N) is 6. The maximum absolute atomic E-state index is 12.8. The van der Waals surface area contributed by atoms with E-state index in [-0.39, 0.29) is 23.0 Å². The molecule has 3 aromatic rings. The number of carbonyl (C=O) groups is 1. The number of anilines is 1. The van der Waals surface area contributed by atoms with Crippen molar-refractivity contribution in [2.24, 2.45) is 20.0 Å². The normalized spacial score (nSPS) is 11.4. The van der Waals surface area contributed by atoms with Gasteiger partial charge < -0.3 is 5.32 Å². The number of hydrogen-bond acceptors (Lipinski definition) is 7. The Labute approximate surface area is 177 Å². The molecule has 0 aromatic carbocycles. The quantitative estimate of drug-likeness (QED) is 0.461. The van der Waals surface area contributed by atoms with Crippen LogP contribution < -0.4 is 16.6 Å². The number of hydrogen-bond donors (Lipinski definition) is 1. The zero-order valence-electron chi connectivity index (χ0n) is 17.9. The molecule has 0 fully saturated rings.